The average molecular weight is 278 g/mol. The summed E-state index contributed by atoms with van der Waals surface area (Å²) in [6.07, 6.45) is 7.10. The number of anilines is 1. The standard InChI is InChI=1S/C19H22N2/c1-14-8-3-4-10-17(14)21-15(2)18-16(9-7-13-20-18)19(21)11-5-6-12-19/h3-4,7-10,13,15H,5-6,11-12H2,1-2H3/t15-/m0/s1. The molecule has 1 spiro atoms. The van der Waals surface area contributed by atoms with E-state index in [0.717, 1.165) is 0 Å². The van der Waals surface area contributed by atoms with E-state index in [1.54, 1.807) is 0 Å². The molecule has 0 N–H and O–H groups in total. The summed E-state index contributed by atoms with van der Waals surface area (Å²) in [5.74, 6) is 0. The Morgan fingerprint density at radius 2 is 1.86 bits per heavy atom. The van der Waals surface area contributed by atoms with Crippen LogP contribution in [0.25, 0.3) is 0 Å². The van der Waals surface area contributed by atoms with Crippen LogP contribution in [0, 0.1) is 6.92 Å². The highest BCUT2D eigenvalue weighted by atomic mass is 15.3. The Morgan fingerprint density at radius 1 is 1.10 bits per heavy atom. The Hall–Kier alpha value is -1.83. The fraction of sp³-hybridized carbons (Fsp3) is 0.421. The van der Waals surface area contributed by atoms with Crippen LogP contribution < -0.4 is 4.90 Å². The molecule has 2 aromatic rings. The summed E-state index contributed by atoms with van der Waals surface area (Å²) in [5.41, 5.74) is 5.67. The SMILES string of the molecule is Cc1ccccc1N1[C@@H](C)c2ncccc2C12CCCC2. The molecule has 1 aliphatic heterocycles. The van der Waals surface area contributed by atoms with Crippen molar-refractivity contribution in [3.63, 3.8) is 0 Å². The third-order valence-corrected chi connectivity index (χ3v) is 5.39. The van der Waals surface area contributed by atoms with Crippen LogP contribution >= 0.6 is 0 Å². The molecule has 2 nitrogen and oxygen atoms in total. The van der Waals surface area contributed by atoms with E-state index in [1.807, 2.05) is 6.20 Å². The quantitative estimate of drug-likeness (QED) is 0.749. The number of nitrogens with zero attached hydrogens (tertiary/aromatic N) is 2. The van der Waals surface area contributed by atoms with Gasteiger partial charge in [-0.05, 0) is 44.4 Å². The first-order valence-electron chi connectivity index (χ1n) is 8.04. The highest BCUT2D eigenvalue weighted by Crippen LogP contribution is 2.55. The smallest absolute Gasteiger partial charge is 0.0698 e. The van der Waals surface area contributed by atoms with Crippen LogP contribution in [0.3, 0.4) is 0 Å². The number of hydrogen-bond donors (Lipinski definition) is 0. The minimum Gasteiger partial charge on any atom is -0.353 e. The third-order valence-electron chi connectivity index (χ3n) is 5.39. The first-order chi connectivity index (χ1) is 10.2. The van der Waals surface area contributed by atoms with Gasteiger partial charge in [-0.15, -0.1) is 0 Å². The molecule has 1 aromatic carbocycles. The van der Waals surface area contributed by atoms with Gasteiger partial charge in [0.05, 0.1) is 17.3 Å². The maximum absolute atomic E-state index is 4.72. The molecule has 1 saturated carbocycles. The van der Waals surface area contributed by atoms with Crippen LogP contribution in [0.2, 0.25) is 0 Å². The summed E-state index contributed by atoms with van der Waals surface area (Å²) in [4.78, 5) is 7.38. The summed E-state index contributed by atoms with van der Waals surface area (Å²) < 4.78 is 0. The minimum atomic E-state index is 0.176. The van der Waals surface area contributed by atoms with Crippen molar-refractivity contribution in [3.05, 3.63) is 59.4 Å². The van der Waals surface area contributed by atoms with Crippen molar-refractivity contribution in [2.24, 2.45) is 0 Å². The summed E-state index contributed by atoms with van der Waals surface area (Å²) in [7, 11) is 0. The lowest BCUT2D eigenvalue weighted by atomic mass is 9.88. The predicted octanol–water partition coefficient (Wildman–Crippen LogP) is 4.74. The molecule has 1 atom stereocenters. The van der Waals surface area contributed by atoms with E-state index < -0.39 is 0 Å². The monoisotopic (exact) mass is 278 g/mol. The molecule has 1 fully saturated rings. The Labute approximate surface area is 126 Å². The Balaban J connectivity index is 1.93. The Kier molecular flexibility index (Phi) is 2.81. The van der Waals surface area contributed by atoms with Crippen LogP contribution in [0.4, 0.5) is 5.69 Å². The number of pyridine rings is 1. The molecule has 2 heterocycles. The number of aromatic nitrogens is 1. The number of rotatable bonds is 1. The van der Waals surface area contributed by atoms with Crippen LogP contribution in [0.1, 0.15) is 55.5 Å². The van der Waals surface area contributed by atoms with Crippen molar-refractivity contribution in [2.75, 3.05) is 4.90 Å². The van der Waals surface area contributed by atoms with Gasteiger partial charge in [0.25, 0.3) is 0 Å². The van der Waals surface area contributed by atoms with Gasteiger partial charge in [-0.3, -0.25) is 4.98 Å². The molecule has 21 heavy (non-hydrogen) atoms. The second-order valence-corrected chi connectivity index (χ2v) is 6.51. The van der Waals surface area contributed by atoms with E-state index in [1.165, 1.54) is 48.2 Å². The van der Waals surface area contributed by atoms with Gasteiger partial charge in [0.15, 0.2) is 0 Å². The Morgan fingerprint density at radius 3 is 2.62 bits per heavy atom. The van der Waals surface area contributed by atoms with Gasteiger partial charge in [0, 0.05) is 17.4 Å². The second kappa shape index (κ2) is 4.59. The molecule has 2 heteroatoms. The first-order valence-corrected chi connectivity index (χ1v) is 8.04. The van der Waals surface area contributed by atoms with Crippen molar-refractivity contribution in [1.29, 1.82) is 0 Å². The average Bonchev–Trinajstić information content (AvgIpc) is 3.07. The van der Waals surface area contributed by atoms with Gasteiger partial charge in [-0.25, -0.2) is 0 Å². The van der Waals surface area contributed by atoms with E-state index >= 15 is 0 Å². The minimum absolute atomic E-state index is 0.176. The summed E-state index contributed by atoms with van der Waals surface area (Å²) in [5, 5.41) is 0. The van der Waals surface area contributed by atoms with Crippen LogP contribution in [0.5, 0.6) is 0 Å². The molecular formula is C19H22N2. The summed E-state index contributed by atoms with van der Waals surface area (Å²) in [6, 6.07) is 13.6. The first kappa shape index (κ1) is 12.9. The van der Waals surface area contributed by atoms with Crippen molar-refractivity contribution in [1.82, 2.24) is 4.98 Å². The fourth-order valence-corrected chi connectivity index (χ4v) is 4.51. The Bertz CT molecular complexity index is 671. The van der Waals surface area contributed by atoms with E-state index in [9.17, 15) is 0 Å². The van der Waals surface area contributed by atoms with Crippen molar-refractivity contribution < 1.29 is 0 Å². The topological polar surface area (TPSA) is 16.1 Å². The molecule has 2 aliphatic rings. The van der Waals surface area contributed by atoms with Crippen LogP contribution in [-0.4, -0.2) is 4.98 Å². The van der Waals surface area contributed by atoms with Crippen molar-refractivity contribution in [2.45, 2.75) is 51.1 Å². The highest BCUT2D eigenvalue weighted by Gasteiger charge is 2.51. The zero-order chi connectivity index (χ0) is 14.4. The molecule has 0 saturated heterocycles. The number of para-hydroxylation sites is 1. The van der Waals surface area contributed by atoms with Crippen LogP contribution in [-0.2, 0) is 5.54 Å². The molecule has 0 amide bonds. The normalized spacial score (nSPS) is 22.8. The van der Waals surface area contributed by atoms with Gasteiger partial charge in [0.1, 0.15) is 0 Å². The molecule has 1 aromatic heterocycles. The number of fused-ring (bicyclic) bond motifs is 2. The molecule has 0 unspecified atom stereocenters. The highest BCUT2D eigenvalue weighted by molar-refractivity contribution is 5.62. The van der Waals surface area contributed by atoms with Gasteiger partial charge < -0.3 is 4.90 Å². The molecule has 0 radical (unpaired) electrons. The van der Waals surface area contributed by atoms with E-state index in [-0.39, 0.29) is 5.54 Å². The lowest BCUT2D eigenvalue weighted by Gasteiger charge is -2.41. The van der Waals surface area contributed by atoms with Gasteiger partial charge in [-0.1, -0.05) is 37.1 Å². The van der Waals surface area contributed by atoms with E-state index in [4.69, 9.17) is 4.98 Å². The molecule has 4 rings (SSSR count). The zero-order valence-electron chi connectivity index (χ0n) is 12.8. The van der Waals surface area contributed by atoms with Gasteiger partial charge in [0.2, 0.25) is 0 Å². The lowest BCUT2D eigenvalue weighted by molar-refractivity contribution is 0.416. The number of benzene rings is 1. The summed E-state index contributed by atoms with van der Waals surface area (Å²) in [6.45, 7) is 4.53. The molecule has 108 valence electrons. The van der Waals surface area contributed by atoms with Crippen molar-refractivity contribution >= 4 is 5.69 Å². The van der Waals surface area contributed by atoms with Gasteiger partial charge >= 0.3 is 0 Å². The molecule has 0 bridgehead atoms. The molecule has 1 aliphatic carbocycles. The largest absolute Gasteiger partial charge is 0.353 e. The number of hydrogen-bond acceptors (Lipinski definition) is 2. The van der Waals surface area contributed by atoms with Gasteiger partial charge in [-0.2, -0.15) is 0 Å². The van der Waals surface area contributed by atoms with E-state index in [0.29, 0.717) is 6.04 Å². The van der Waals surface area contributed by atoms with E-state index in [2.05, 4.69) is 55.1 Å². The maximum atomic E-state index is 4.72. The number of aryl methyl sites for hydroxylation is 1. The predicted molar refractivity (Wildman–Crippen MR) is 86.5 cm³/mol. The zero-order valence-corrected chi connectivity index (χ0v) is 12.8. The fourth-order valence-electron chi connectivity index (χ4n) is 4.51. The summed E-state index contributed by atoms with van der Waals surface area (Å²) >= 11 is 0. The van der Waals surface area contributed by atoms with Crippen molar-refractivity contribution in [3.8, 4) is 0 Å². The second-order valence-electron chi connectivity index (χ2n) is 6.51. The maximum Gasteiger partial charge on any atom is 0.0698 e. The van der Waals surface area contributed by atoms with Crippen LogP contribution in [0.15, 0.2) is 42.6 Å². The third kappa shape index (κ3) is 1.68. The molecular weight excluding hydrogens is 256 g/mol. The lowest BCUT2D eigenvalue weighted by Crippen LogP contribution is -2.40.